The molecule has 3 N–H and O–H groups in total. The van der Waals surface area contributed by atoms with Gasteiger partial charge in [0.05, 0.1) is 0 Å². The summed E-state index contributed by atoms with van der Waals surface area (Å²) in [7, 11) is 0. The SMILES string of the molecule is O=C(CC1CCCN1)Nc1ccc(N2CCNC2=O)cc1. The molecule has 0 saturated carbocycles. The van der Waals surface area contributed by atoms with Crippen LogP contribution in [0.5, 0.6) is 0 Å². The molecule has 0 aliphatic carbocycles. The van der Waals surface area contributed by atoms with Gasteiger partial charge in [0.25, 0.3) is 0 Å². The van der Waals surface area contributed by atoms with Gasteiger partial charge in [-0.2, -0.15) is 0 Å². The number of carbonyl (C=O) groups is 2. The van der Waals surface area contributed by atoms with Gasteiger partial charge in [-0.3, -0.25) is 9.69 Å². The van der Waals surface area contributed by atoms with Crippen LogP contribution >= 0.6 is 0 Å². The number of amides is 3. The summed E-state index contributed by atoms with van der Waals surface area (Å²) in [4.78, 5) is 25.2. The molecule has 3 rings (SSSR count). The smallest absolute Gasteiger partial charge is 0.321 e. The molecule has 1 aromatic carbocycles. The average molecular weight is 288 g/mol. The summed E-state index contributed by atoms with van der Waals surface area (Å²) in [5.74, 6) is 0.0288. The highest BCUT2D eigenvalue weighted by Crippen LogP contribution is 2.20. The molecule has 21 heavy (non-hydrogen) atoms. The van der Waals surface area contributed by atoms with Crippen molar-refractivity contribution in [2.45, 2.75) is 25.3 Å². The van der Waals surface area contributed by atoms with Crippen molar-refractivity contribution in [1.29, 1.82) is 0 Å². The van der Waals surface area contributed by atoms with E-state index in [-0.39, 0.29) is 11.9 Å². The summed E-state index contributed by atoms with van der Waals surface area (Å²) in [6.07, 6.45) is 2.72. The van der Waals surface area contributed by atoms with Crippen LogP contribution in [-0.4, -0.2) is 37.6 Å². The Labute approximate surface area is 123 Å². The van der Waals surface area contributed by atoms with Gasteiger partial charge in [0.15, 0.2) is 0 Å². The third-order valence-corrected chi connectivity index (χ3v) is 3.91. The van der Waals surface area contributed by atoms with E-state index in [0.717, 1.165) is 30.8 Å². The number of rotatable bonds is 4. The lowest BCUT2D eigenvalue weighted by Gasteiger charge is -2.15. The number of anilines is 2. The number of benzene rings is 1. The van der Waals surface area contributed by atoms with E-state index < -0.39 is 0 Å². The van der Waals surface area contributed by atoms with Crippen LogP contribution in [0.1, 0.15) is 19.3 Å². The van der Waals surface area contributed by atoms with E-state index in [1.807, 2.05) is 24.3 Å². The Bertz CT molecular complexity index is 523. The summed E-state index contributed by atoms with van der Waals surface area (Å²) in [5.41, 5.74) is 1.61. The molecule has 6 heteroatoms. The molecule has 0 spiro atoms. The summed E-state index contributed by atoms with van der Waals surface area (Å²) in [5, 5.41) is 8.98. The fourth-order valence-electron chi connectivity index (χ4n) is 2.81. The molecule has 3 amide bonds. The quantitative estimate of drug-likeness (QED) is 0.782. The van der Waals surface area contributed by atoms with Crippen molar-refractivity contribution >= 4 is 23.3 Å². The standard InChI is InChI=1S/C15H20N4O2/c20-14(10-12-2-1-7-16-12)18-11-3-5-13(6-4-11)19-9-8-17-15(19)21/h3-6,12,16H,1-2,7-10H2,(H,17,21)(H,18,20). The number of urea groups is 1. The summed E-state index contributed by atoms with van der Waals surface area (Å²) in [6, 6.07) is 7.61. The number of nitrogens with one attached hydrogen (secondary N) is 3. The largest absolute Gasteiger partial charge is 0.336 e. The van der Waals surface area contributed by atoms with Gasteiger partial charge >= 0.3 is 6.03 Å². The molecule has 2 fully saturated rings. The van der Waals surface area contributed by atoms with Gasteiger partial charge in [-0.15, -0.1) is 0 Å². The number of carbonyl (C=O) groups excluding carboxylic acids is 2. The van der Waals surface area contributed by atoms with Crippen LogP contribution in [0.25, 0.3) is 0 Å². The third kappa shape index (κ3) is 3.33. The fraction of sp³-hybridized carbons (Fsp3) is 0.467. The lowest BCUT2D eigenvalue weighted by molar-refractivity contribution is -0.116. The summed E-state index contributed by atoms with van der Waals surface area (Å²) in [6.45, 7) is 2.36. The predicted octanol–water partition coefficient (Wildman–Crippen LogP) is 1.30. The Morgan fingerprint density at radius 3 is 2.71 bits per heavy atom. The second kappa shape index (κ2) is 6.13. The molecule has 1 atom stereocenters. The van der Waals surface area contributed by atoms with Gasteiger partial charge in [0.1, 0.15) is 0 Å². The Morgan fingerprint density at radius 2 is 2.10 bits per heavy atom. The van der Waals surface area contributed by atoms with Crippen molar-refractivity contribution in [3.05, 3.63) is 24.3 Å². The molecule has 1 aromatic rings. The Kier molecular flexibility index (Phi) is 4.06. The molecule has 1 unspecified atom stereocenters. The van der Waals surface area contributed by atoms with Crippen molar-refractivity contribution in [2.75, 3.05) is 29.9 Å². The van der Waals surface area contributed by atoms with Gasteiger partial charge in [0, 0.05) is 36.9 Å². The normalized spacial score (nSPS) is 21.4. The Hall–Kier alpha value is -2.08. The molecular formula is C15H20N4O2. The minimum atomic E-state index is -0.0703. The molecule has 112 valence electrons. The highest BCUT2D eigenvalue weighted by atomic mass is 16.2. The minimum absolute atomic E-state index is 0.0288. The lowest BCUT2D eigenvalue weighted by atomic mass is 10.1. The number of hydrogen-bond acceptors (Lipinski definition) is 3. The fourth-order valence-corrected chi connectivity index (χ4v) is 2.81. The molecule has 2 saturated heterocycles. The number of nitrogens with zero attached hydrogens (tertiary/aromatic N) is 1. The van der Waals surface area contributed by atoms with E-state index in [9.17, 15) is 9.59 Å². The molecule has 2 aliphatic heterocycles. The van der Waals surface area contributed by atoms with Crippen molar-refractivity contribution in [3.8, 4) is 0 Å². The first-order valence-corrected chi connectivity index (χ1v) is 7.41. The van der Waals surface area contributed by atoms with Crippen LogP contribution in [0.3, 0.4) is 0 Å². The predicted molar refractivity (Wildman–Crippen MR) is 81.5 cm³/mol. The first-order chi connectivity index (χ1) is 10.2. The van der Waals surface area contributed by atoms with E-state index in [1.165, 1.54) is 0 Å². The maximum absolute atomic E-state index is 11.9. The first kappa shape index (κ1) is 13.9. The molecule has 0 radical (unpaired) electrons. The van der Waals surface area contributed by atoms with Crippen LogP contribution in [0.2, 0.25) is 0 Å². The highest BCUT2D eigenvalue weighted by molar-refractivity contribution is 5.95. The topological polar surface area (TPSA) is 73.5 Å². The maximum atomic E-state index is 11.9. The zero-order valence-corrected chi connectivity index (χ0v) is 11.9. The van der Waals surface area contributed by atoms with Crippen molar-refractivity contribution in [2.24, 2.45) is 0 Å². The van der Waals surface area contributed by atoms with Gasteiger partial charge in [-0.1, -0.05) is 0 Å². The van der Waals surface area contributed by atoms with Crippen LogP contribution in [0, 0.1) is 0 Å². The van der Waals surface area contributed by atoms with Crippen molar-refractivity contribution in [3.63, 3.8) is 0 Å². The third-order valence-electron chi connectivity index (χ3n) is 3.91. The molecule has 0 bridgehead atoms. The zero-order chi connectivity index (χ0) is 14.7. The van der Waals surface area contributed by atoms with Crippen molar-refractivity contribution < 1.29 is 9.59 Å². The van der Waals surface area contributed by atoms with E-state index in [2.05, 4.69) is 16.0 Å². The molecule has 2 aliphatic rings. The average Bonchev–Trinajstić information content (AvgIpc) is 3.11. The first-order valence-electron chi connectivity index (χ1n) is 7.41. The summed E-state index contributed by atoms with van der Waals surface area (Å²) >= 11 is 0. The molecular weight excluding hydrogens is 268 g/mol. The lowest BCUT2D eigenvalue weighted by Crippen LogP contribution is -2.28. The Morgan fingerprint density at radius 1 is 1.29 bits per heavy atom. The Balaban J connectivity index is 1.56. The van der Waals surface area contributed by atoms with Gasteiger partial charge in [-0.25, -0.2) is 4.79 Å². The minimum Gasteiger partial charge on any atom is -0.336 e. The molecule has 6 nitrogen and oxygen atoms in total. The number of hydrogen-bond donors (Lipinski definition) is 3. The zero-order valence-electron chi connectivity index (χ0n) is 11.9. The van der Waals surface area contributed by atoms with Crippen LogP contribution in [0.4, 0.5) is 16.2 Å². The monoisotopic (exact) mass is 288 g/mol. The van der Waals surface area contributed by atoms with E-state index in [1.54, 1.807) is 4.90 Å². The molecule has 2 heterocycles. The van der Waals surface area contributed by atoms with Gasteiger partial charge < -0.3 is 16.0 Å². The van der Waals surface area contributed by atoms with E-state index >= 15 is 0 Å². The maximum Gasteiger partial charge on any atom is 0.321 e. The van der Waals surface area contributed by atoms with Crippen LogP contribution < -0.4 is 20.9 Å². The molecule has 0 aromatic heterocycles. The van der Waals surface area contributed by atoms with Crippen LogP contribution in [0.15, 0.2) is 24.3 Å². The summed E-state index contributed by atoms with van der Waals surface area (Å²) < 4.78 is 0. The van der Waals surface area contributed by atoms with Gasteiger partial charge in [-0.05, 0) is 43.7 Å². The second-order valence-electron chi connectivity index (χ2n) is 5.48. The van der Waals surface area contributed by atoms with E-state index in [4.69, 9.17) is 0 Å². The van der Waals surface area contributed by atoms with Crippen LogP contribution in [-0.2, 0) is 4.79 Å². The highest BCUT2D eigenvalue weighted by Gasteiger charge is 2.21. The van der Waals surface area contributed by atoms with E-state index in [0.29, 0.717) is 25.6 Å². The van der Waals surface area contributed by atoms with Gasteiger partial charge in [0.2, 0.25) is 5.91 Å². The van der Waals surface area contributed by atoms with Crippen molar-refractivity contribution in [1.82, 2.24) is 10.6 Å². The second-order valence-corrected chi connectivity index (χ2v) is 5.48.